The SMILES string of the molecule is COc1ccc2oc(=O)c(C(C)=NNC(=O)c3cc4ccccc4cc3O)cc2c1. The van der Waals surface area contributed by atoms with E-state index in [-0.39, 0.29) is 22.6 Å². The average molecular weight is 402 g/mol. The second-order valence-electron chi connectivity index (χ2n) is 6.71. The molecule has 1 amide bonds. The van der Waals surface area contributed by atoms with Crippen LogP contribution in [-0.2, 0) is 0 Å². The summed E-state index contributed by atoms with van der Waals surface area (Å²) in [6, 6.07) is 17.2. The van der Waals surface area contributed by atoms with Crippen LogP contribution in [-0.4, -0.2) is 23.8 Å². The number of phenolic OH excluding ortho intramolecular Hbond substituents is 1. The first kappa shape index (κ1) is 19.2. The number of nitrogens with one attached hydrogen (secondary N) is 1. The van der Waals surface area contributed by atoms with Gasteiger partial charge in [-0.3, -0.25) is 4.79 Å². The second-order valence-corrected chi connectivity index (χ2v) is 6.71. The Morgan fingerprint density at radius 3 is 2.43 bits per heavy atom. The number of hydrazone groups is 1. The summed E-state index contributed by atoms with van der Waals surface area (Å²) in [5.74, 6) is -0.127. The molecule has 4 rings (SSSR count). The van der Waals surface area contributed by atoms with Crippen LogP contribution in [0.3, 0.4) is 0 Å². The molecule has 0 saturated carbocycles. The highest BCUT2D eigenvalue weighted by molar-refractivity contribution is 6.04. The molecule has 0 aliphatic carbocycles. The highest BCUT2D eigenvalue weighted by atomic mass is 16.5. The lowest BCUT2D eigenvalue weighted by Gasteiger charge is -2.07. The molecule has 3 aromatic carbocycles. The van der Waals surface area contributed by atoms with Crippen LogP contribution in [0.5, 0.6) is 11.5 Å². The number of hydrogen-bond acceptors (Lipinski definition) is 6. The van der Waals surface area contributed by atoms with Crippen molar-refractivity contribution in [3.63, 3.8) is 0 Å². The van der Waals surface area contributed by atoms with E-state index in [9.17, 15) is 14.7 Å². The molecule has 30 heavy (non-hydrogen) atoms. The van der Waals surface area contributed by atoms with Crippen molar-refractivity contribution in [1.29, 1.82) is 0 Å². The van der Waals surface area contributed by atoms with Gasteiger partial charge in [-0.05, 0) is 54.1 Å². The Morgan fingerprint density at radius 1 is 1.00 bits per heavy atom. The lowest BCUT2D eigenvalue weighted by atomic mass is 10.1. The summed E-state index contributed by atoms with van der Waals surface area (Å²) in [6.07, 6.45) is 0. The Bertz CT molecular complexity index is 1370. The Labute approximate surface area is 171 Å². The van der Waals surface area contributed by atoms with Crippen molar-refractivity contribution >= 4 is 33.4 Å². The van der Waals surface area contributed by atoms with Crippen molar-refractivity contribution < 1.29 is 19.1 Å². The maximum absolute atomic E-state index is 12.5. The van der Waals surface area contributed by atoms with Gasteiger partial charge in [-0.2, -0.15) is 5.10 Å². The number of carbonyl (C=O) groups excluding carboxylic acids is 1. The van der Waals surface area contributed by atoms with Gasteiger partial charge in [0.2, 0.25) is 0 Å². The maximum atomic E-state index is 12.5. The van der Waals surface area contributed by atoms with Crippen molar-refractivity contribution in [3.8, 4) is 11.5 Å². The Balaban J connectivity index is 1.64. The first-order chi connectivity index (χ1) is 14.5. The van der Waals surface area contributed by atoms with Gasteiger partial charge < -0.3 is 14.3 Å². The van der Waals surface area contributed by atoms with Crippen molar-refractivity contribution in [2.45, 2.75) is 6.92 Å². The Hall–Kier alpha value is -4.13. The minimum atomic E-state index is -0.593. The van der Waals surface area contributed by atoms with Gasteiger partial charge in [0, 0.05) is 5.39 Å². The highest BCUT2D eigenvalue weighted by Gasteiger charge is 2.14. The molecule has 7 nitrogen and oxygen atoms in total. The van der Waals surface area contributed by atoms with E-state index in [2.05, 4.69) is 10.5 Å². The summed E-state index contributed by atoms with van der Waals surface area (Å²) in [4.78, 5) is 24.8. The van der Waals surface area contributed by atoms with Gasteiger partial charge in [0.1, 0.15) is 17.1 Å². The predicted molar refractivity (Wildman–Crippen MR) is 114 cm³/mol. The molecule has 0 aliphatic rings. The summed E-state index contributed by atoms with van der Waals surface area (Å²) in [5, 5.41) is 16.5. The fraction of sp³-hybridized carbons (Fsp3) is 0.0870. The van der Waals surface area contributed by atoms with E-state index in [0.717, 1.165) is 10.8 Å². The van der Waals surface area contributed by atoms with E-state index < -0.39 is 11.5 Å². The van der Waals surface area contributed by atoms with Crippen molar-refractivity contribution in [3.05, 3.63) is 82.2 Å². The molecule has 0 atom stereocenters. The van der Waals surface area contributed by atoms with Crippen LogP contribution >= 0.6 is 0 Å². The van der Waals surface area contributed by atoms with E-state index in [4.69, 9.17) is 9.15 Å². The zero-order valence-corrected chi connectivity index (χ0v) is 16.3. The maximum Gasteiger partial charge on any atom is 0.345 e. The number of aromatic hydroxyl groups is 1. The van der Waals surface area contributed by atoms with Gasteiger partial charge >= 0.3 is 5.63 Å². The molecular weight excluding hydrogens is 384 g/mol. The summed E-state index contributed by atoms with van der Waals surface area (Å²) < 4.78 is 10.5. The van der Waals surface area contributed by atoms with Crippen molar-refractivity contribution in [2.24, 2.45) is 5.10 Å². The van der Waals surface area contributed by atoms with Gasteiger partial charge in [-0.15, -0.1) is 0 Å². The molecular formula is C23H18N2O5. The van der Waals surface area contributed by atoms with Gasteiger partial charge in [0.05, 0.1) is 23.9 Å². The Morgan fingerprint density at radius 2 is 1.70 bits per heavy atom. The first-order valence-corrected chi connectivity index (χ1v) is 9.15. The number of carbonyl (C=O) groups is 1. The normalized spacial score (nSPS) is 11.6. The second kappa shape index (κ2) is 7.71. The van der Waals surface area contributed by atoms with Crippen LogP contribution in [0.25, 0.3) is 21.7 Å². The van der Waals surface area contributed by atoms with Crippen LogP contribution in [0.4, 0.5) is 0 Å². The summed E-state index contributed by atoms with van der Waals surface area (Å²) in [5.41, 5.74) is 2.79. The predicted octanol–water partition coefficient (Wildman–Crippen LogP) is 3.81. The summed E-state index contributed by atoms with van der Waals surface area (Å²) in [6.45, 7) is 1.58. The van der Waals surface area contributed by atoms with Crippen LogP contribution in [0.15, 0.2) is 75.0 Å². The topological polar surface area (TPSA) is 101 Å². The van der Waals surface area contributed by atoms with Gasteiger partial charge in [0.15, 0.2) is 0 Å². The monoisotopic (exact) mass is 402 g/mol. The van der Waals surface area contributed by atoms with Crippen LogP contribution < -0.4 is 15.8 Å². The van der Waals surface area contributed by atoms with Crippen LogP contribution in [0.2, 0.25) is 0 Å². The summed E-state index contributed by atoms with van der Waals surface area (Å²) in [7, 11) is 1.55. The van der Waals surface area contributed by atoms with Gasteiger partial charge in [-0.25, -0.2) is 10.2 Å². The fourth-order valence-corrected chi connectivity index (χ4v) is 3.15. The molecule has 0 spiro atoms. The van der Waals surface area contributed by atoms with E-state index in [1.54, 1.807) is 44.4 Å². The highest BCUT2D eigenvalue weighted by Crippen LogP contribution is 2.25. The third kappa shape index (κ3) is 3.60. The number of ether oxygens (including phenoxy) is 1. The third-order valence-corrected chi connectivity index (χ3v) is 4.76. The van der Waals surface area contributed by atoms with Crippen LogP contribution in [0.1, 0.15) is 22.8 Å². The molecule has 7 heteroatoms. The molecule has 0 aliphatic heterocycles. The molecule has 150 valence electrons. The van der Waals surface area contributed by atoms with E-state index in [1.165, 1.54) is 6.07 Å². The summed E-state index contributed by atoms with van der Waals surface area (Å²) >= 11 is 0. The number of amides is 1. The fourth-order valence-electron chi connectivity index (χ4n) is 3.15. The molecule has 2 N–H and O–H groups in total. The van der Waals surface area contributed by atoms with Crippen LogP contribution in [0, 0.1) is 0 Å². The lowest BCUT2D eigenvalue weighted by Crippen LogP contribution is -2.21. The Kier molecular flexibility index (Phi) is 4.93. The number of nitrogens with zero attached hydrogens (tertiary/aromatic N) is 1. The van der Waals surface area contributed by atoms with Crippen molar-refractivity contribution in [1.82, 2.24) is 5.43 Å². The third-order valence-electron chi connectivity index (χ3n) is 4.76. The molecule has 0 radical (unpaired) electrons. The molecule has 1 aromatic heterocycles. The van der Waals surface area contributed by atoms with Crippen molar-refractivity contribution in [2.75, 3.05) is 7.11 Å². The number of hydrogen-bond donors (Lipinski definition) is 2. The van der Waals surface area contributed by atoms with E-state index >= 15 is 0 Å². The molecule has 0 saturated heterocycles. The quantitative estimate of drug-likeness (QED) is 0.307. The average Bonchev–Trinajstić information content (AvgIpc) is 2.75. The van der Waals surface area contributed by atoms with Gasteiger partial charge in [0.25, 0.3) is 5.91 Å². The zero-order chi connectivity index (χ0) is 21.3. The smallest absolute Gasteiger partial charge is 0.345 e. The number of benzene rings is 3. The lowest BCUT2D eigenvalue weighted by molar-refractivity contribution is 0.0952. The number of methoxy groups -OCH3 is 1. The molecule has 0 unspecified atom stereocenters. The molecule has 0 fully saturated rings. The molecule has 0 bridgehead atoms. The zero-order valence-electron chi connectivity index (χ0n) is 16.3. The minimum Gasteiger partial charge on any atom is -0.507 e. The largest absolute Gasteiger partial charge is 0.507 e. The number of rotatable bonds is 4. The first-order valence-electron chi connectivity index (χ1n) is 9.15. The van der Waals surface area contributed by atoms with Gasteiger partial charge in [-0.1, -0.05) is 24.3 Å². The van der Waals surface area contributed by atoms with E-state index in [1.807, 2.05) is 24.3 Å². The number of fused-ring (bicyclic) bond motifs is 2. The molecule has 1 heterocycles. The number of phenols is 1. The molecule has 4 aromatic rings. The van der Waals surface area contributed by atoms with E-state index in [0.29, 0.717) is 16.7 Å². The standard InChI is InChI=1S/C23H18N2O5/c1-13(18-11-16-9-17(29-2)7-8-21(16)30-23(18)28)24-25-22(27)19-10-14-5-3-4-6-15(14)12-20(19)26/h3-12,26H,1-2H3,(H,25,27). The minimum absolute atomic E-state index is 0.0838.